The Hall–Kier alpha value is -1.59. The minimum Gasteiger partial charge on any atom is -0.318 e. The van der Waals surface area contributed by atoms with E-state index in [9.17, 15) is 9.59 Å². The molecule has 5 nitrogen and oxygen atoms in total. The average Bonchev–Trinajstić information content (AvgIpc) is 2.34. The van der Waals surface area contributed by atoms with Crippen LogP contribution in [0.2, 0.25) is 10.0 Å². The van der Waals surface area contributed by atoms with Gasteiger partial charge in [0.1, 0.15) is 5.71 Å². The molecule has 0 spiro atoms. The second kappa shape index (κ2) is 5.37. The van der Waals surface area contributed by atoms with Gasteiger partial charge in [-0.15, -0.1) is 0 Å². The van der Waals surface area contributed by atoms with Crippen molar-refractivity contribution >= 4 is 46.4 Å². The molecular formula is C11H9Cl2N3O2. The van der Waals surface area contributed by atoms with Gasteiger partial charge in [-0.3, -0.25) is 9.59 Å². The second-order valence-electron chi connectivity index (χ2n) is 3.64. The fraction of sp³-hybridized carbons (Fsp3) is 0.182. The van der Waals surface area contributed by atoms with Crippen LogP contribution < -0.4 is 10.7 Å². The monoisotopic (exact) mass is 285 g/mol. The molecule has 0 saturated carbocycles. The maximum absolute atomic E-state index is 11.9. The molecule has 18 heavy (non-hydrogen) atoms. The number of hydrogen-bond acceptors (Lipinski definition) is 3. The van der Waals surface area contributed by atoms with E-state index in [1.54, 1.807) is 18.2 Å². The molecule has 1 aliphatic rings. The summed E-state index contributed by atoms with van der Waals surface area (Å²) in [5, 5.41) is 6.95. The third kappa shape index (κ3) is 2.80. The molecule has 0 radical (unpaired) electrons. The van der Waals surface area contributed by atoms with Crippen LogP contribution in [0.3, 0.4) is 0 Å². The van der Waals surface area contributed by atoms with Gasteiger partial charge >= 0.3 is 0 Å². The molecular weight excluding hydrogens is 277 g/mol. The van der Waals surface area contributed by atoms with Crippen molar-refractivity contribution in [2.24, 2.45) is 5.10 Å². The van der Waals surface area contributed by atoms with Gasteiger partial charge < -0.3 is 5.32 Å². The minimum absolute atomic E-state index is 0.206. The normalized spacial score (nSPS) is 14.8. The van der Waals surface area contributed by atoms with Crippen LogP contribution in [-0.2, 0) is 9.59 Å². The van der Waals surface area contributed by atoms with Gasteiger partial charge in [0.2, 0.25) is 5.91 Å². The third-order valence-electron chi connectivity index (χ3n) is 2.37. The van der Waals surface area contributed by atoms with Gasteiger partial charge in [-0.2, -0.15) is 5.10 Å². The number of carbonyl (C=O) groups is 2. The Bertz CT molecular complexity index is 523. The highest BCUT2D eigenvalue weighted by atomic mass is 35.5. The molecule has 1 heterocycles. The first kappa shape index (κ1) is 12.9. The zero-order valence-corrected chi connectivity index (χ0v) is 10.7. The summed E-state index contributed by atoms with van der Waals surface area (Å²) in [4.78, 5) is 22.8. The van der Waals surface area contributed by atoms with Crippen molar-refractivity contribution in [2.75, 3.05) is 5.32 Å². The summed E-state index contributed by atoms with van der Waals surface area (Å²) in [5.74, 6) is -0.632. The lowest BCUT2D eigenvalue weighted by molar-refractivity contribution is -0.121. The van der Waals surface area contributed by atoms with Gasteiger partial charge in [-0.05, 0) is 12.1 Å². The molecule has 0 bridgehead atoms. The maximum Gasteiger partial charge on any atom is 0.271 e. The highest BCUT2D eigenvalue weighted by molar-refractivity contribution is 6.46. The van der Waals surface area contributed by atoms with Crippen LogP contribution in [-0.4, -0.2) is 17.5 Å². The van der Waals surface area contributed by atoms with E-state index < -0.39 is 5.91 Å². The van der Waals surface area contributed by atoms with Gasteiger partial charge in [0.15, 0.2) is 0 Å². The van der Waals surface area contributed by atoms with Crippen molar-refractivity contribution in [3.63, 3.8) is 0 Å². The predicted octanol–water partition coefficient (Wildman–Crippen LogP) is 2.20. The van der Waals surface area contributed by atoms with E-state index in [-0.39, 0.29) is 18.0 Å². The quantitative estimate of drug-likeness (QED) is 0.875. The molecule has 0 atom stereocenters. The lowest BCUT2D eigenvalue weighted by Gasteiger charge is -2.13. The molecule has 0 aliphatic carbocycles. The molecule has 1 aromatic carbocycles. The third-order valence-corrected chi connectivity index (χ3v) is 3.00. The van der Waals surface area contributed by atoms with Gasteiger partial charge in [0, 0.05) is 12.8 Å². The SMILES string of the molecule is O=C1CCC(C(=O)Nc2c(Cl)cccc2Cl)=NN1. The molecule has 0 aromatic heterocycles. The number of benzene rings is 1. The van der Waals surface area contributed by atoms with E-state index in [0.717, 1.165) is 0 Å². The number of hydrogen-bond donors (Lipinski definition) is 2. The largest absolute Gasteiger partial charge is 0.318 e. The number of nitrogens with zero attached hydrogens (tertiary/aromatic N) is 1. The average molecular weight is 286 g/mol. The maximum atomic E-state index is 11.9. The Labute approximate surface area is 113 Å². The van der Waals surface area contributed by atoms with Crippen molar-refractivity contribution in [3.05, 3.63) is 28.2 Å². The molecule has 2 amide bonds. The Morgan fingerprint density at radius 1 is 1.28 bits per heavy atom. The Morgan fingerprint density at radius 2 is 1.94 bits per heavy atom. The number of rotatable bonds is 2. The van der Waals surface area contributed by atoms with Gasteiger partial charge in [0.05, 0.1) is 15.7 Å². The van der Waals surface area contributed by atoms with E-state index in [1.807, 2.05) is 0 Å². The number of anilines is 1. The molecule has 0 fully saturated rings. The van der Waals surface area contributed by atoms with E-state index in [2.05, 4.69) is 15.8 Å². The van der Waals surface area contributed by atoms with E-state index in [0.29, 0.717) is 22.2 Å². The number of halogens is 2. The highest BCUT2D eigenvalue weighted by Gasteiger charge is 2.19. The second-order valence-corrected chi connectivity index (χ2v) is 4.46. The number of hydrazone groups is 1. The van der Waals surface area contributed by atoms with Gasteiger partial charge in [-0.1, -0.05) is 29.3 Å². The van der Waals surface area contributed by atoms with Crippen molar-refractivity contribution < 1.29 is 9.59 Å². The van der Waals surface area contributed by atoms with E-state index >= 15 is 0 Å². The lowest BCUT2D eigenvalue weighted by Crippen LogP contribution is -2.32. The molecule has 7 heteroatoms. The smallest absolute Gasteiger partial charge is 0.271 e. The molecule has 2 N–H and O–H groups in total. The van der Waals surface area contributed by atoms with Crippen molar-refractivity contribution in [3.8, 4) is 0 Å². The zero-order chi connectivity index (χ0) is 13.1. The summed E-state index contributed by atoms with van der Waals surface area (Å²) < 4.78 is 0. The fourth-order valence-corrected chi connectivity index (χ4v) is 1.93. The Kier molecular flexibility index (Phi) is 3.84. The first-order chi connectivity index (χ1) is 8.58. The molecule has 1 aromatic rings. The topological polar surface area (TPSA) is 70.6 Å². The lowest BCUT2D eigenvalue weighted by atomic mass is 10.1. The molecule has 0 unspecified atom stereocenters. The van der Waals surface area contributed by atoms with Crippen molar-refractivity contribution in [1.82, 2.24) is 5.43 Å². The summed E-state index contributed by atoms with van der Waals surface area (Å²) in [6.45, 7) is 0. The van der Waals surface area contributed by atoms with Crippen molar-refractivity contribution in [2.45, 2.75) is 12.8 Å². The molecule has 2 rings (SSSR count). The predicted molar refractivity (Wildman–Crippen MR) is 69.9 cm³/mol. The van der Waals surface area contributed by atoms with Crippen LogP contribution in [0.5, 0.6) is 0 Å². The molecule has 1 aliphatic heterocycles. The standard InChI is InChI=1S/C11H9Cl2N3O2/c12-6-2-1-3-7(13)10(6)14-11(18)8-4-5-9(17)16-15-8/h1-3H,4-5H2,(H,14,18)(H,16,17). The minimum atomic E-state index is -0.426. The zero-order valence-electron chi connectivity index (χ0n) is 9.17. The number of nitrogens with one attached hydrogen (secondary N) is 2. The van der Waals surface area contributed by atoms with E-state index in [4.69, 9.17) is 23.2 Å². The van der Waals surface area contributed by atoms with Crippen LogP contribution in [0.1, 0.15) is 12.8 Å². The summed E-state index contributed by atoms with van der Waals surface area (Å²) in [6.07, 6.45) is 0.530. The molecule has 0 saturated heterocycles. The summed E-state index contributed by atoms with van der Waals surface area (Å²) >= 11 is 11.9. The first-order valence-electron chi connectivity index (χ1n) is 5.18. The summed E-state index contributed by atoms with van der Waals surface area (Å²) in [5.41, 5.74) is 2.83. The summed E-state index contributed by atoms with van der Waals surface area (Å²) in [7, 11) is 0. The highest BCUT2D eigenvalue weighted by Crippen LogP contribution is 2.29. The van der Waals surface area contributed by atoms with Crippen LogP contribution in [0.15, 0.2) is 23.3 Å². The number of para-hydroxylation sites is 1. The van der Waals surface area contributed by atoms with Gasteiger partial charge in [-0.25, -0.2) is 5.43 Å². The fourth-order valence-electron chi connectivity index (χ4n) is 1.44. The Balaban J connectivity index is 2.15. The summed E-state index contributed by atoms with van der Waals surface area (Å²) in [6, 6.07) is 4.92. The number of amides is 2. The van der Waals surface area contributed by atoms with Crippen LogP contribution in [0.25, 0.3) is 0 Å². The molecule has 94 valence electrons. The van der Waals surface area contributed by atoms with Crippen LogP contribution in [0, 0.1) is 0 Å². The van der Waals surface area contributed by atoms with Crippen LogP contribution in [0.4, 0.5) is 5.69 Å². The van der Waals surface area contributed by atoms with E-state index in [1.165, 1.54) is 0 Å². The Morgan fingerprint density at radius 3 is 2.50 bits per heavy atom. The number of carbonyl (C=O) groups excluding carboxylic acids is 2. The van der Waals surface area contributed by atoms with Gasteiger partial charge in [0.25, 0.3) is 5.91 Å². The van der Waals surface area contributed by atoms with Crippen LogP contribution >= 0.6 is 23.2 Å². The van der Waals surface area contributed by atoms with Crippen molar-refractivity contribution in [1.29, 1.82) is 0 Å². The first-order valence-corrected chi connectivity index (χ1v) is 5.94.